The molecule has 0 radical (unpaired) electrons. The van der Waals surface area contributed by atoms with E-state index in [9.17, 15) is 21.6 Å². The minimum Gasteiger partial charge on any atom is -0.281 e. The van der Waals surface area contributed by atoms with Crippen LogP contribution in [0, 0.1) is 13.8 Å². The van der Waals surface area contributed by atoms with Gasteiger partial charge in [0, 0.05) is 12.4 Å². The summed E-state index contributed by atoms with van der Waals surface area (Å²) in [7, 11) is -4.16. The Morgan fingerprint density at radius 3 is 2.50 bits per heavy atom. The fourth-order valence-corrected chi connectivity index (χ4v) is 3.98. The standard InChI is InChI=1S/C15H14F3N5O2S/c1-9-14(10(2)21-20-9)26(24,25)22-12-8-11(15(16,17)18)4-5-13(12)23-7-3-6-19-23/h3-8,22H,1-2H3,(H,20,21). The van der Waals surface area contributed by atoms with Crippen LogP contribution in [0.15, 0.2) is 41.6 Å². The summed E-state index contributed by atoms with van der Waals surface area (Å²) >= 11 is 0. The number of anilines is 1. The van der Waals surface area contributed by atoms with Crippen molar-refractivity contribution in [1.82, 2.24) is 20.0 Å². The molecule has 1 aromatic carbocycles. The molecule has 0 bridgehead atoms. The Bertz CT molecular complexity index is 1020. The molecule has 0 atom stereocenters. The van der Waals surface area contributed by atoms with Crippen LogP contribution in [0.25, 0.3) is 5.69 Å². The molecule has 3 aromatic rings. The number of aromatic nitrogens is 4. The molecule has 7 nitrogen and oxygen atoms in total. The van der Waals surface area contributed by atoms with Crippen molar-refractivity contribution in [2.75, 3.05) is 4.72 Å². The normalized spacial score (nSPS) is 12.3. The minimum atomic E-state index is -4.62. The maximum atomic E-state index is 13.1. The fourth-order valence-electron chi connectivity index (χ4n) is 2.54. The van der Waals surface area contributed by atoms with Crippen molar-refractivity contribution in [2.24, 2.45) is 0 Å². The largest absolute Gasteiger partial charge is 0.416 e. The van der Waals surface area contributed by atoms with Gasteiger partial charge in [-0.2, -0.15) is 23.4 Å². The summed E-state index contributed by atoms with van der Waals surface area (Å²) < 4.78 is 68.1. The highest BCUT2D eigenvalue weighted by Crippen LogP contribution is 2.34. The number of rotatable bonds is 4. The Morgan fingerprint density at radius 1 is 1.23 bits per heavy atom. The molecule has 0 saturated carbocycles. The highest BCUT2D eigenvalue weighted by Gasteiger charge is 2.32. The second kappa shape index (κ2) is 6.16. The van der Waals surface area contributed by atoms with Gasteiger partial charge < -0.3 is 0 Å². The second-order valence-corrected chi connectivity index (χ2v) is 7.17. The van der Waals surface area contributed by atoms with Crippen LogP contribution in [0.1, 0.15) is 17.0 Å². The molecular weight excluding hydrogens is 371 g/mol. The number of hydrogen-bond acceptors (Lipinski definition) is 4. The first-order valence-electron chi connectivity index (χ1n) is 7.35. The maximum Gasteiger partial charge on any atom is 0.416 e. The van der Waals surface area contributed by atoms with Crippen molar-refractivity contribution in [3.63, 3.8) is 0 Å². The van der Waals surface area contributed by atoms with Crippen LogP contribution in [0.3, 0.4) is 0 Å². The zero-order valence-electron chi connectivity index (χ0n) is 13.7. The van der Waals surface area contributed by atoms with E-state index in [1.807, 2.05) is 0 Å². The van der Waals surface area contributed by atoms with Crippen LogP contribution in [0.4, 0.5) is 18.9 Å². The number of nitrogens with zero attached hydrogens (tertiary/aromatic N) is 3. The molecule has 2 N–H and O–H groups in total. The Morgan fingerprint density at radius 2 is 1.96 bits per heavy atom. The summed E-state index contributed by atoms with van der Waals surface area (Å²) in [6.45, 7) is 2.99. The molecule has 0 amide bonds. The second-order valence-electron chi connectivity index (χ2n) is 5.55. The molecule has 11 heteroatoms. The van der Waals surface area contributed by atoms with E-state index >= 15 is 0 Å². The van der Waals surface area contributed by atoms with Gasteiger partial charge in [-0.3, -0.25) is 9.82 Å². The SMILES string of the molecule is Cc1n[nH]c(C)c1S(=O)(=O)Nc1cc(C(F)(F)F)ccc1-n1cccn1. The summed E-state index contributed by atoms with van der Waals surface area (Å²) in [6.07, 6.45) is -1.70. The van der Waals surface area contributed by atoms with Crippen molar-refractivity contribution in [3.8, 4) is 5.69 Å². The first kappa shape index (κ1) is 18.0. The third kappa shape index (κ3) is 3.29. The number of aryl methyl sites for hydroxylation is 2. The lowest BCUT2D eigenvalue weighted by molar-refractivity contribution is -0.137. The van der Waals surface area contributed by atoms with Crippen molar-refractivity contribution >= 4 is 15.7 Å². The Labute approximate surface area is 146 Å². The first-order valence-corrected chi connectivity index (χ1v) is 8.83. The van der Waals surface area contributed by atoms with Crippen LogP contribution in [0.2, 0.25) is 0 Å². The smallest absolute Gasteiger partial charge is 0.281 e. The van der Waals surface area contributed by atoms with Gasteiger partial charge in [0.25, 0.3) is 10.0 Å². The molecule has 138 valence electrons. The van der Waals surface area contributed by atoms with Gasteiger partial charge in [0.05, 0.1) is 28.3 Å². The summed E-state index contributed by atoms with van der Waals surface area (Å²) in [6, 6.07) is 4.32. The predicted octanol–water partition coefficient (Wildman–Crippen LogP) is 3.03. The zero-order chi connectivity index (χ0) is 19.1. The number of halogens is 3. The predicted molar refractivity (Wildman–Crippen MR) is 87.4 cm³/mol. The van der Waals surface area contributed by atoms with Gasteiger partial charge in [0.2, 0.25) is 0 Å². The van der Waals surface area contributed by atoms with E-state index < -0.39 is 21.8 Å². The van der Waals surface area contributed by atoms with Crippen molar-refractivity contribution in [3.05, 3.63) is 53.6 Å². The molecule has 0 fully saturated rings. The molecule has 0 aliphatic carbocycles. The van der Waals surface area contributed by atoms with E-state index in [0.29, 0.717) is 0 Å². The zero-order valence-corrected chi connectivity index (χ0v) is 14.5. The molecular formula is C15H14F3N5O2S. The third-order valence-electron chi connectivity index (χ3n) is 3.65. The quantitative estimate of drug-likeness (QED) is 0.722. The summed E-state index contributed by atoms with van der Waals surface area (Å²) in [4.78, 5) is -0.110. The Hall–Kier alpha value is -2.82. The molecule has 2 heterocycles. The summed E-state index contributed by atoms with van der Waals surface area (Å²) in [5.74, 6) is 0. The Balaban J connectivity index is 2.13. The molecule has 0 aliphatic heterocycles. The molecule has 0 aliphatic rings. The Kier molecular flexibility index (Phi) is 4.26. The van der Waals surface area contributed by atoms with E-state index in [1.54, 1.807) is 6.07 Å². The highest BCUT2D eigenvalue weighted by molar-refractivity contribution is 7.92. The average molecular weight is 385 g/mol. The molecule has 0 saturated heterocycles. The van der Waals surface area contributed by atoms with Gasteiger partial charge in [-0.25, -0.2) is 13.1 Å². The lowest BCUT2D eigenvalue weighted by atomic mass is 10.1. The number of sulfonamides is 1. The van der Waals surface area contributed by atoms with Crippen LogP contribution < -0.4 is 4.72 Å². The molecule has 0 spiro atoms. The molecule has 26 heavy (non-hydrogen) atoms. The number of alkyl halides is 3. The molecule has 2 aromatic heterocycles. The van der Waals surface area contributed by atoms with Crippen LogP contribution >= 0.6 is 0 Å². The summed E-state index contributed by atoms with van der Waals surface area (Å²) in [5.41, 5.74) is -0.578. The highest BCUT2D eigenvalue weighted by atomic mass is 32.2. The van der Waals surface area contributed by atoms with Crippen molar-refractivity contribution in [2.45, 2.75) is 24.9 Å². The number of benzene rings is 1. The first-order chi connectivity index (χ1) is 12.1. The van der Waals surface area contributed by atoms with E-state index in [2.05, 4.69) is 20.0 Å². The third-order valence-corrected chi connectivity index (χ3v) is 5.28. The van der Waals surface area contributed by atoms with Crippen molar-refractivity contribution in [1.29, 1.82) is 0 Å². The summed E-state index contributed by atoms with van der Waals surface area (Å²) in [5, 5.41) is 10.3. The van der Waals surface area contributed by atoms with Gasteiger partial charge in [-0.15, -0.1) is 0 Å². The van der Waals surface area contributed by atoms with Gasteiger partial charge in [0.1, 0.15) is 4.90 Å². The van der Waals surface area contributed by atoms with Gasteiger partial charge in [-0.1, -0.05) is 0 Å². The van der Waals surface area contributed by atoms with Crippen LogP contribution in [0.5, 0.6) is 0 Å². The molecule has 0 unspecified atom stereocenters. The van der Waals surface area contributed by atoms with E-state index in [1.165, 1.54) is 30.9 Å². The lowest BCUT2D eigenvalue weighted by Crippen LogP contribution is -2.17. The number of H-pyrrole nitrogens is 1. The molecule has 3 rings (SSSR count). The fraction of sp³-hybridized carbons (Fsp3) is 0.200. The lowest BCUT2D eigenvalue weighted by Gasteiger charge is -2.15. The topological polar surface area (TPSA) is 92.7 Å². The average Bonchev–Trinajstić information content (AvgIpc) is 3.16. The van der Waals surface area contributed by atoms with Crippen LogP contribution in [-0.2, 0) is 16.2 Å². The van der Waals surface area contributed by atoms with Crippen LogP contribution in [-0.4, -0.2) is 28.4 Å². The van der Waals surface area contributed by atoms with E-state index in [-0.39, 0.29) is 27.7 Å². The van der Waals surface area contributed by atoms with Gasteiger partial charge >= 0.3 is 6.18 Å². The number of hydrogen-bond donors (Lipinski definition) is 2. The van der Waals surface area contributed by atoms with Gasteiger partial charge in [-0.05, 0) is 38.1 Å². The monoisotopic (exact) mass is 385 g/mol. The maximum absolute atomic E-state index is 13.1. The number of nitrogens with one attached hydrogen (secondary N) is 2. The van der Waals surface area contributed by atoms with E-state index in [0.717, 1.165) is 18.2 Å². The van der Waals surface area contributed by atoms with Gasteiger partial charge in [0.15, 0.2) is 0 Å². The van der Waals surface area contributed by atoms with Crippen molar-refractivity contribution < 1.29 is 21.6 Å². The van der Waals surface area contributed by atoms with E-state index in [4.69, 9.17) is 0 Å². The minimum absolute atomic E-state index is 0.110. The number of aromatic amines is 1.